The number of nitrogens with one attached hydrogen (secondary N) is 1. The molecule has 17 heavy (non-hydrogen) atoms. The van der Waals surface area contributed by atoms with Crippen LogP contribution in [0.1, 0.15) is 26.3 Å². The number of rotatable bonds is 2. The molecule has 0 bridgehead atoms. The molecule has 96 valence electrons. The van der Waals surface area contributed by atoms with Gasteiger partial charge in [-0.1, -0.05) is 29.8 Å². The minimum atomic E-state index is -0.311. The zero-order valence-electron chi connectivity index (χ0n) is 10.4. The molecule has 1 N–H and O–H groups in total. The fourth-order valence-electron chi connectivity index (χ4n) is 2.23. The number of ether oxygens (including phenoxy) is 1. The molecule has 1 saturated heterocycles. The molecule has 0 aliphatic carbocycles. The molecule has 1 atom stereocenters. The van der Waals surface area contributed by atoms with Gasteiger partial charge in [-0.15, -0.1) is 12.4 Å². The Morgan fingerprint density at radius 2 is 1.94 bits per heavy atom. The maximum Gasteiger partial charge on any atom is 0.121 e. The average Bonchev–Trinajstić information content (AvgIpc) is 2.45. The van der Waals surface area contributed by atoms with Crippen molar-refractivity contribution >= 4 is 24.0 Å². The van der Waals surface area contributed by atoms with Crippen molar-refractivity contribution in [3.05, 3.63) is 34.9 Å². The van der Waals surface area contributed by atoms with Gasteiger partial charge in [0.05, 0.1) is 6.61 Å². The first-order chi connectivity index (χ1) is 7.40. The molecule has 4 heteroatoms. The van der Waals surface area contributed by atoms with Crippen molar-refractivity contribution in [3.8, 4) is 0 Å². The average molecular weight is 276 g/mol. The molecule has 1 heterocycles. The molecule has 1 aliphatic heterocycles. The van der Waals surface area contributed by atoms with Crippen molar-refractivity contribution in [1.82, 2.24) is 5.32 Å². The SMILES string of the molecule is CC1(C)COC(C)(Cc2ccccc2Cl)N1.Cl. The van der Waals surface area contributed by atoms with E-state index in [2.05, 4.69) is 26.1 Å². The smallest absolute Gasteiger partial charge is 0.121 e. The van der Waals surface area contributed by atoms with E-state index in [0.29, 0.717) is 0 Å². The van der Waals surface area contributed by atoms with Gasteiger partial charge in [0.25, 0.3) is 0 Å². The fourth-order valence-corrected chi connectivity index (χ4v) is 2.43. The van der Waals surface area contributed by atoms with Crippen molar-refractivity contribution in [2.75, 3.05) is 6.61 Å². The first-order valence-electron chi connectivity index (χ1n) is 5.57. The van der Waals surface area contributed by atoms with Gasteiger partial charge in [0.2, 0.25) is 0 Å². The lowest BCUT2D eigenvalue weighted by Gasteiger charge is -2.27. The Morgan fingerprint density at radius 1 is 1.29 bits per heavy atom. The second kappa shape index (κ2) is 5.15. The van der Waals surface area contributed by atoms with E-state index in [1.165, 1.54) is 0 Å². The van der Waals surface area contributed by atoms with Crippen molar-refractivity contribution in [2.24, 2.45) is 0 Å². The highest BCUT2D eigenvalue weighted by Gasteiger charge is 2.40. The van der Waals surface area contributed by atoms with Crippen molar-refractivity contribution in [1.29, 1.82) is 0 Å². The standard InChI is InChI=1S/C13H18ClNO.ClH/c1-12(2)9-16-13(3,15-12)8-10-6-4-5-7-11(10)14;/h4-7,15H,8-9H2,1-3H3;1H. The Kier molecular flexibility index (Phi) is 4.48. The van der Waals surface area contributed by atoms with E-state index in [-0.39, 0.29) is 23.7 Å². The fraction of sp³-hybridized carbons (Fsp3) is 0.538. The third-order valence-electron chi connectivity index (χ3n) is 2.84. The van der Waals surface area contributed by atoms with Gasteiger partial charge in [0.15, 0.2) is 0 Å². The molecule has 0 amide bonds. The van der Waals surface area contributed by atoms with E-state index in [4.69, 9.17) is 16.3 Å². The lowest BCUT2D eigenvalue weighted by Crippen LogP contribution is -2.47. The van der Waals surface area contributed by atoms with Crippen LogP contribution in [0.2, 0.25) is 5.02 Å². The monoisotopic (exact) mass is 275 g/mol. The summed E-state index contributed by atoms with van der Waals surface area (Å²) in [7, 11) is 0. The summed E-state index contributed by atoms with van der Waals surface area (Å²) in [6.07, 6.45) is 0.788. The van der Waals surface area contributed by atoms with Crippen LogP contribution in [0.3, 0.4) is 0 Å². The highest BCUT2D eigenvalue weighted by Crippen LogP contribution is 2.28. The van der Waals surface area contributed by atoms with E-state index in [9.17, 15) is 0 Å². The predicted molar refractivity (Wildman–Crippen MR) is 74.0 cm³/mol. The molecular weight excluding hydrogens is 257 g/mol. The molecule has 0 spiro atoms. The Hall–Kier alpha value is -0.280. The largest absolute Gasteiger partial charge is 0.359 e. The van der Waals surface area contributed by atoms with Crippen LogP contribution in [0.5, 0.6) is 0 Å². The van der Waals surface area contributed by atoms with Gasteiger partial charge in [-0.2, -0.15) is 0 Å². The van der Waals surface area contributed by atoms with Gasteiger partial charge in [0, 0.05) is 17.0 Å². The number of halogens is 2. The number of hydrogen-bond acceptors (Lipinski definition) is 2. The Bertz CT molecular complexity index is 395. The van der Waals surface area contributed by atoms with Crippen LogP contribution in [-0.4, -0.2) is 17.9 Å². The van der Waals surface area contributed by atoms with Gasteiger partial charge < -0.3 is 4.74 Å². The zero-order chi connectivity index (χ0) is 11.8. The molecule has 0 radical (unpaired) electrons. The number of hydrogen-bond donors (Lipinski definition) is 1. The van der Waals surface area contributed by atoms with Crippen LogP contribution in [0, 0.1) is 0 Å². The maximum atomic E-state index is 6.15. The number of benzene rings is 1. The summed E-state index contributed by atoms with van der Waals surface area (Å²) < 4.78 is 5.84. The highest BCUT2D eigenvalue weighted by atomic mass is 35.5. The molecule has 1 fully saturated rings. The molecule has 1 aliphatic rings. The molecule has 1 unspecified atom stereocenters. The summed E-state index contributed by atoms with van der Waals surface area (Å²) in [4.78, 5) is 0. The molecular formula is C13H19Cl2NO. The van der Waals surface area contributed by atoms with Crippen LogP contribution in [0.25, 0.3) is 0 Å². The quantitative estimate of drug-likeness (QED) is 0.893. The molecule has 0 saturated carbocycles. The highest BCUT2D eigenvalue weighted by molar-refractivity contribution is 6.31. The Labute approximate surface area is 114 Å². The summed E-state index contributed by atoms with van der Waals surface area (Å²) in [5, 5.41) is 4.31. The van der Waals surface area contributed by atoms with E-state index >= 15 is 0 Å². The third kappa shape index (κ3) is 3.59. The van der Waals surface area contributed by atoms with Crippen LogP contribution in [-0.2, 0) is 11.2 Å². The van der Waals surface area contributed by atoms with Crippen LogP contribution >= 0.6 is 24.0 Å². The first kappa shape index (κ1) is 14.8. The van der Waals surface area contributed by atoms with E-state index < -0.39 is 0 Å². The summed E-state index contributed by atoms with van der Waals surface area (Å²) >= 11 is 6.15. The molecule has 2 rings (SSSR count). The normalized spacial score (nSPS) is 26.6. The van der Waals surface area contributed by atoms with Crippen molar-refractivity contribution in [2.45, 2.75) is 38.5 Å². The Balaban J connectivity index is 0.00000144. The molecule has 2 nitrogen and oxygen atoms in total. The summed E-state index contributed by atoms with van der Waals surface area (Å²) in [6, 6.07) is 7.91. The van der Waals surface area contributed by atoms with Gasteiger partial charge in [0.1, 0.15) is 5.72 Å². The molecule has 0 aromatic heterocycles. The van der Waals surface area contributed by atoms with Crippen LogP contribution in [0.15, 0.2) is 24.3 Å². The first-order valence-corrected chi connectivity index (χ1v) is 5.95. The van der Waals surface area contributed by atoms with Crippen LogP contribution in [0.4, 0.5) is 0 Å². The second-order valence-corrected chi connectivity index (χ2v) is 5.70. The van der Waals surface area contributed by atoms with Gasteiger partial charge >= 0.3 is 0 Å². The maximum absolute atomic E-state index is 6.15. The Morgan fingerprint density at radius 3 is 2.47 bits per heavy atom. The third-order valence-corrected chi connectivity index (χ3v) is 3.21. The van der Waals surface area contributed by atoms with E-state index in [1.54, 1.807) is 0 Å². The molecule has 1 aromatic carbocycles. The van der Waals surface area contributed by atoms with E-state index in [1.807, 2.05) is 24.3 Å². The zero-order valence-corrected chi connectivity index (χ0v) is 12.0. The van der Waals surface area contributed by atoms with Crippen LogP contribution < -0.4 is 5.32 Å². The second-order valence-electron chi connectivity index (χ2n) is 5.30. The summed E-state index contributed by atoms with van der Waals surface area (Å²) in [5.41, 5.74) is 0.849. The topological polar surface area (TPSA) is 21.3 Å². The predicted octanol–water partition coefficient (Wildman–Crippen LogP) is 3.42. The lowest BCUT2D eigenvalue weighted by molar-refractivity contribution is 0.00671. The minimum absolute atomic E-state index is 0. The van der Waals surface area contributed by atoms with Crippen molar-refractivity contribution in [3.63, 3.8) is 0 Å². The van der Waals surface area contributed by atoms with Gasteiger partial charge in [-0.25, -0.2) is 0 Å². The molecule has 1 aromatic rings. The van der Waals surface area contributed by atoms with Crippen molar-refractivity contribution < 1.29 is 4.74 Å². The minimum Gasteiger partial charge on any atom is -0.359 e. The summed E-state index contributed by atoms with van der Waals surface area (Å²) in [5.74, 6) is 0. The summed E-state index contributed by atoms with van der Waals surface area (Å²) in [6.45, 7) is 7.09. The lowest BCUT2D eigenvalue weighted by atomic mass is 10.0. The van der Waals surface area contributed by atoms with E-state index in [0.717, 1.165) is 23.6 Å². The van der Waals surface area contributed by atoms with Gasteiger partial charge in [-0.3, -0.25) is 5.32 Å². The van der Waals surface area contributed by atoms with Gasteiger partial charge in [-0.05, 0) is 32.4 Å².